The average molecular weight is 247 g/mol. The minimum atomic E-state index is -2.01. The van der Waals surface area contributed by atoms with Gasteiger partial charge < -0.3 is 0 Å². The predicted octanol–water partition coefficient (Wildman–Crippen LogP) is 2.57. The topological polar surface area (TPSA) is 51.0 Å². The monoisotopic (exact) mass is 248 g/mol. The number of hydrogen-bond acceptors (Lipinski definition) is 4. The summed E-state index contributed by atoms with van der Waals surface area (Å²) in [6.07, 6.45) is 0. The predicted molar refractivity (Wildman–Crippen MR) is 54.0 cm³/mol. The van der Waals surface area contributed by atoms with Gasteiger partial charge in [0.15, 0.2) is 0 Å². The molecule has 76 valence electrons. The van der Waals surface area contributed by atoms with E-state index in [0.717, 1.165) is 0 Å². The van der Waals surface area contributed by atoms with E-state index in [4.69, 9.17) is 4.74 Å². The van der Waals surface area contributed by atoms with Crippen molar-refractivity contribution < 1.29 is 9.53 Å². The molecule has 0 N–H and O–H groups in total. The Bertz CT molecular complexity index is 219. The quantitative estimate of drug-likeness (QED) is 0.437. The van der Waals surface area contributed by atoms with E-state index in [-0.39, 0.29) is 5.97 Å². The van der Waals surface area contributed by atoms with E-state index in [0.29, 0.717) is 0 Å². The van der Waals surface area contributed by atoms with Gasteiger partial charge in [0.05, 0.1) is 0 Å². The molecule has 0 bridgehead atoms. The molecule has 0 heterocycles. The van der Waals surface area contributed by atoms with Gasteiger partial charge >= 0.3 is 81.9 Å². The minimum absolute atomic E-state index is 0.328. The second-order valence-electron chi connectivity index (χ2n) is 4.41. The van der Waals surface area contributed by atoms with Gasteiger partial charge in [0.1, 0.15) is 0 Å². The van der Waals surface area contributed by atoms with E-state index < -0.39 is 19.2 Å². The van der Waals surface area contributed by atoms with Crippen molar-refractivity contribution in [3.8, 4) is 0 Å². The van der Waals surface area contributed by atoms with E-state index in [1.54, 1.807) is 13.8 Å². The van der Waals surface area contributed by atoms with Gasteiger partial charge in [-0.3, -0.25) is 0 Å². The van der Waals surface area contributed by atoms with Crippen molar-refractivity contribution >= 4 is 19.5 Å². The van der Waals surface area contributed by atoms with Crippen molar-refractivity contribution in [2.45, 2.75) is 43.8 Å². The molecular formula is C8H18GeN2O2. The molecule has 0 radical (unpaired) electrons. The van der Waals surface area contributed by atoms with Gasteiger partial charge in [0.2, 0.25) is 0 Å². The number of nitrogens with zero attached hydrogens (tertiary/aromatic N) is 2. The van der Waals surface area contributed by atoms with E-state index in [2.05, 4.69) is 26.5 Å². The molecule has 5 heteroatoms. The molecule has 0 atom stereocenters. The molecule has 0 aliphatic rings. The summed E-state index contributed by atoms with van der Waals surface area (Å²) in [7, 11) is 0. The molecule has 0 aromatic rings. The number of esters is 1. The summed E-state index contributed by atoms with van der Waals surface area (Å²) in [5, 5.41) is 4.03. The van der Waals surface area contributed by atoms with Crippen molar-refractivity contribution in [1.82, 2.24) is 0 Å². The number of hydrogen-bond donors (Lipinski definition) is 0. The Morgan fingerprint density at radius 2 is 1.77 bits per heavy atom. The number of carbonyl (C=O) groups excluding carboxylic acids is 1. The molecule has 0 aromatic carbocycles. The Morgan fingerprint density at radius 1 is 1.31 bits per heavy atom. The fourth-order valence-corrected chi connectivity index (χ4v) is 1.78. The third-order valence-corrected chi connectivity index (χ3v) is 2.45. The Kier molecular flexibility index (Phi) is 4.09. The van der Waals surface area contributed by atoms with Gasteiger partial charge in [-0.25, -0.2) is 0 Å². The first-order chi connectivity index (χ1) is 5.62. The molecule has 0 saturated heterocycles. The summed E-state index contributed by atoms with van der Waals surface area (Å²) in [5.74, 6) is 6.03. The Morgan fingerprint density at radius 3 is 2.08 bits per heavy atom. The maximum absolute atomic E-state index is 10.7. The zero-order valence-corrected chi connectivity index (χ0v) is 11.3. The first-order valence-corrected chi connectivity index (χ1v) is 11.5. The Balaban J connectivity index is 4.33. The van der Waals surface area contributed by atoms with Crippen molar-refractivity contribution in [2.24, 2.45) is 9.19 Å². The van der Waals surface area contributed by atoms with Crippen LogP contribution in [-0.4, -0.2) is 25.2 Å². The third-order valence-electron chi connectivity index (χ3n) is 0.984. The van der Waals surface area contributed by atoms with Crippen molar-refractivity contribution in [3.05, 3.63) is 0 Å². The zero-order valence-electron chi connectivity index (χ0n) is 9.21. The van der Waals surface area contributed by atoms with Gasteiger partial charge in [-0.1, -0.05) is 0 Å². The summed E-state index contributed by atoms with van der Waals surface area (Å²) < 4.78 is 9.18. The second kappa shape index (κ2) is 4.22. The fourth-order valence-electron chi connectivity index (χ4n) is 0.643. The molecule has 0 aliphatic carbocycles. The third kappa shape index (κ3) is 7.96. The molecule has 0 rings (SSSR count). The van der Waals surface area contributed by atoms with Crippen LogP contribution >= 0.6 is 0 Å². The SMILES string of the molecule is CC(=O)OC(C)(C)N=[N][Ge]([CH3])([CH3])[CH3]. The summed E-state index contributed by atoms with van der Waals surface area (Å²) in [4.78, 5) is 10.7. The Labute approximate surface area is 82.3 Å². The number of rotatable bonds is 3. The Hall–Kier alpha value is -0.387. The molecule has 0 spiro atoms. The first-order valence-electron chi connectivity index (χ1n) is 4.26. The van der Waals surface area contributed by atoms with E-state index in [9.17, 15) is 4.79 Å². The average Bonchev–Trinajstić information content (AvgIpc) is 1.79. The van der Waals surface area contributed by atoms with Crippen molar-refractivity contribution in [3.63, 3.8) is 0 Å². The van der Waals surface area contributed by atoms with Crippen LogP contribution in [0.25, 0.3) is 0 Å². The maximum atomic E-state index is 10.7. The first kappa shape index (κ1) is 12.6. The molecule has 4 nitrogen and oxygen atoms in total. The van der Waals surface area contributed by atoms with Crippen LogP contribution in [0.1, 0.15) is 20.8 Å². The van der Waals surface area contributed by atoms with Crippen LogP contribution in [0.2, 0.25) is 17.3 Å². The number of carbonyl (C=O) groups is 1. The van der Waals surface area contributed by atoms with Crippen LogP contribution in [0.5, 0.6) is 0 Å². The van der Waals surface area contributed by atoms with Crippen LogP contribution in [0.15, 0.2) is 9.19 Å². The van der Waals surface area contributed by atoms with Crippen LogP contribution in [-0.2, 0) is 9.53 Å². The molecule has 0 amide bonds. The van der Waals surface area contributed by atoms with E-state index >= 15 is 0 Å². The summed E-state index contributed by atoms with van der Waals surface area (Å²) in [6.45, 7) is 4.83. The van der Waals surface area contributed by atoms with Gasteiger partial charge in [0, 0.05) is 0 Å². The van der Waals surface area contributed by atoms with E-state index in [1.807, 2.05) is 0 Å². The van der Waals surface area contributed by atoms with Crippen LogP contribution < -0.4 is 0 Å². The molecule has 0 aliphatic heterocycles. The molecule has 0 aromatic heterocycles. The normalized spacial score (nSPS) is 13.4. The van der Waals surface area contributed by atoms with Gasteiger partial charge in [-0.15, -0.1) is 0 Å². The molecule has 0 fully saturated rings. The summed E-state index contributed by atoms with van der Waals surface area (Å²) >= 11 is -2.01. The van der Waals surface area contributed by atoms with Crippen molar-refractivity contribution in [2.75, 3.05) is 0 Å². The van der Waals surface area contributed by atoms with Crippen LogP contribution in [0.3, 0.4) is 0 Å². The van der Waals surface area contributed by atoms with E-state index in [1.165, 1.54) is 6.92 Å². The van der Waals surface area contributed by atoms with Crippen molar-refractivity contribution in [1.29, 1.82) is 0 Å². The number of ether oxygens (including phenoxy) is 1. The molecular weight excluding hydrogens is 229 g/mol. The van der Waals surface area contributed by atoms with Crippen LogP contribution in [0.4, 0.5) is 0 Å². The second-order valence-corrected chi connectivity index (χ2v) is 13.9. The molecule has 0 saturated carbocycles. The standard InChI is InChI=1S/C8H18GeN2O2/c1-7(12)13-8(2,3)10-11-9(4,5)6/h1-6H3. The molecule has 0 unspecified atom stereocenters. The zero-order chi connectivity index (χ0) is 10.7. The van der Waals surface area contributed by atoms with Gasteiger partial charge in [-0.05, 0) is 0 Å². The van der Waals surface area contributed by atoms with Gasteiger partial charge in [0.25, 0.3) is 0 Å². The fraction of sp³-hybridized carbons (Fsp3) is 0.875. The van der Waals surface area contributed by atoms with Crippen LogP contribution in [0, 0.1) is 0 Å². The molecule has 13 heavy (non-hydrogen) atoms. The van der Waals surface area contributed by atoms with Gasteiger partial charge in [-0.2, -0.15) is 0 Å². The summed E-state index contributed by atoms with van der Waals surface area (Å²) in [5.41, 5.74) is -0.815. The summed E-state index contributed by atoms with van der Waals surface area (Å²) in [6, 6.07) is 0.